The maximum absolute atomic E-state index is 6.03. The fourth-order valence-electron chi connectivity index (χ4n) is 3.70. The van der Waals surface area contributed by atoms with Crippen LogP contribution in [0.3, 0.4) is 0 Å². The molecule has 4 heteroatoms. The molecule has 0 amide bonds. The lowest BCUT2D eigenvalue weighted by atomic mass is 10.1. The zero-order valence-electron chi connectivity index (χ0n) is 17.9. The maximum atomic E-state index is 6.03. The van der Waals surface area contributed by atoms with Crippen molar-refractivity contribution in [1.29, 1.82) is 0 Å². The number of para-hydroxylation sites is 2. The first kappa shape index (κ1) is 20.0. The van der Waals surface area contributed by atoms with Gasteiger partial charge in [0.25, 0.3) is 0 Å². The third-order valence-corrected chi connectivity index (χ3v) is 5.21. The summed E-state index contributed by atoms with van der Waals surface area (Å²) in [6.45, 7) is 8.19. The van der Waals surface area contributed by atoms with Gasteiger partial charge >= 0.3 is 0 Å². The van der Waals surface area contributed by atoms with Gasteiger partial charge in [-0.15, -0.1) is 0 Å². The number of fused-ring (bicyclic) bond motifs is 1. The summed E-state index contributed by atoms with van der Waals surface area (Å²) in [7, 11) is 0. The summed E-state index contributed by atoms with van der Waals surface area (Å²) in [5, 5.41) is 0. The van der Waals surface area contributed by atoms with Crippen LogP contribution in [0.25, 0.3) is 11.0 Å². The Morgan fingerprint density at radius 1 is 0.833 bits per heavy atom. The molecule has 4 rings (SSSR count). The van der Waals surface area contributed by atoms with Crippen LogP contribution >= 0.6 is 0 Å². The topological polar surface area (TPSA) is 36.3 Å². The minimum atomic E-state index is 0.441. The van der Waals surface area contributed by atoms with E-state index in [9.17, 15) is 0 Å². The van der Waals surface area contributed by atoms with Gasteiger partial charge < -0.3 is 14.0 Å². The van der Waals surface area contributed by atoms with Crippen LogP contribution in [0.4, 0.5) is 0 Å². The SMILES string of the molecule is Cc1cccc(OCc2nc3ccccc3n2CCCOc2ccc(C)cc2C)c1. The third kappa shape index (κ3) is 4.65. The number of rotatable bonds is 8. The first-order valence-electron chi connectivity index (χ1n) is 10.4. The van der Waals surface area contributed by atoms with Crippen LogP contribution < -0.4 is 9.47 Å². The number of hydrogen-bond acceptors (Lipinski definition) is 3. The molecule has 1 aromatic heterocycles. The lowest BCUT2D eigenvalue weighted by Gasteiger charge is -2.13. The minimum absolute atomic E-state index is 0.441. The van der Waals surface area contributed by atoms with Crippen LogP contribution in [0, 0.1) is 20.8 Å². The molecule has 0 radical (unpaired) electrons. The molecule has 0 spiro atoms. The van der Waals surface area contributed by atoms with E-state index >= 15 is 0 Å². The number of benzene rings is 3. The number of aromatic nitrogens is 2. The predicted octanol–water partition coefficient (Wildman–Crippen LogP) is 6.01. The number of hydrogen-bond donors (Lipinski definition) is 0. The van der Waals surface area contributed by atoms with Crippen molar-refractivity contribution in [3.63, 3.8) is 0 Å². The summed E-state index contributed by atoms with van der Waals surface area (Å²) in [6, 6.07) is 22.6. The van der Waals surface area contributed by atoms with Crippen molar-refractivity contribution >= 4 is 11.0 Å². The second kappa shape index (κ2) is 9.04. The normalized spacial score (nSPS) is 11.0. The molecule has 0 saturated heterocycles. The molecule has 1 heterocycles. The molecule has 4 nitrogen and oxygen atoms in total. The highest BCUT2D eigenvalue weighted by molar-refractivity contribution is 5.75. The predicted molar refractivity (Wildman–Crippen MR) is 121 cm³/mol. The molecule has 0 bridgehead atoms. The van der Waals surface area contributed by atoms with Crippen molar-refractivity contribution in [2.24, 2.45) is 0 Å². The summed E-state index contributed by atoms with van der Waals surface area (Å²) in [6.07, 6.45) is 0.894. The Bertz CT molecular complexity index is 1150. The van der Waals surface area contributed by atoms with Crippen molar-refractivity contribution in [2.75, 3.05) is 6.61 Å². The lowest BCUT2D eigenvalue weighted by Crippen LogP contribution is -2.10. The summed E-state index contributed by atoms with van der Waals surface area (Å²) in [5.41, 5.74) is 5.74. The summed E-state index contributed by atoms with van der Waals surface area (Å²) in [4.78, 5) is 4.81. The molecule has 30 heavy (non-hydrogen) atoms. The molecule has 0 unspecified atom stereocenters. The molecule has 0 aliphatic carbocycles. The quantitative estimate of drug-likeness (QED) is 0.340. The largest absolute Gasteiger partial charge is 0.493 e. The van der Waals surface area contributed by atoms with E-state index in [0.717, 1.165) is 41.3 Å². The highest BCUT2D eigenvalue weighted by Gasteiger charge is 2.11. The summed E-state index contributed by atoms with van der Waals surface area (Å²) in [5.74, 6) is 2.76. The lowest BCUT2D eigenvalue weighted by molar-refractivity contribution is 0.279. The van der Waals surface area contributed by atoms with Gasteiger partial charge in [-0.3, -0.25) is 0 Å². The highest BCUT2D eigenvalue weighted by Crippen LogP contribution is 2.21. The molecule has 0 aliphatic heterocycles. The van der Waals surface area contributed by atoms with Gasteiger partial charge in [-0.1, -0.05) is 42.0 Å². The Labute approximate surface area is 178 Å². The van der Waals surface area contributed by atoms with Crippen LogP contribution in [-0.2, 0) is 13.2 Å². The molecule has 154 valence electrons. The van der Waals surface area contributed by atoms with Gasteiger partial charge in [0.2, 0.25) is 0 Å². The summed E-state index contributed by atoms with van der Waals surface area (Å²) >= 11 is 0. The Morgan fingerprint density at radius 2 is 1.67 bits per heavy atom. The second-order valence-corrected chi connectivity index (χ2v) is 7.74. The second-order valence-electron chi connectivity index (χ2n) is 7.74. The Hall–Kier alpha value is -3.27. The third-order valence-electron chi connectivity index (χ3n) is 5.21. The smallest absolute Gasteiger partial charge is 0.147 e. The van der Waals surface area contributed by atoms with Crippen molar-refractivity contribution in [3.8, 4) is 11.5 Å². The van der Waals surface area contributed by atoms with Gasteiger partial charge in [-0.25, -0.2) is 4.98 Å². The van der Waals surface area contributed by atoms with Gasteiger partial charge in [0.15, 0.2) is 0 Å². The Morgan fingerprint density at radius 3 is 2.50 bits per heavy atom. The Kier molecular flexibility index (Phi) is 6.03. The van der Waals surface area contributed by atoms with E-state index in [-0.39, 0.29) is 0 Å². The molecule has 0 fully saturated rings. The standard InChI is InChI=1S/C26H28N2O2/c1-19-8-6-9-22(17-19)30-18-26-27-23-10-4-5-11-24(23)28(26)14-7-15-29-25-13-12-20(2)16-21(25)3/h4-6,8-13,16-17H,7,14-15,18H2,1-3H3. The van der Waals surface area contributed by atoms with E-state index in [4.69, 9.17) is 14.5 Å². The van der Waals surface area contributed by atoms with E-state index in [1.54, 1.807) is 0 Å². The van der Waals surface area contributed by atoms with Crippen molar-refractivity contribution in [1.82, 2.24) is 9.55 Å². The van der Waals surface area contributed by atoms with Gasteiger partial charge in [-0.2, -0.15) is 0 Å². The van der Waals surface area contributed by atoms with Gasteiger partial charge in [0.05, 0.1) is 17.6 Å². The molecule has 0 aliphatic rings. The fraction of sp³-hybridized carbons (Fsp3) is 0.269. The average Bonchev–Trinajstić information content (AvgIpc) is 3.08. The first-order chi connectivity index (χ1) is 14.6. The average molecular weight is 401 g/mol. The molecule has 0 saturated carbocycles. The van der Waals surface area contributed by atoms with Crippen LogP contribution in [0.1, 0.15) is 28.9 Å². The molecule has 0 N–H and O–H groups in total. The van der Waals surface area contributed by atoms with E-state index in [1.165, 1.54) is 16.7 Å². The molecule has 3 aromatic carbocycles. The molecular weight excluding hydrogens is 372 g/mol. The number of ether oxygens (including phenoxy) is 2. The summed E-state index contributed by atoms with van der Waals surface area (Å²) < 4.78 is 14.3. The van der Waals surface area contributed by atoms with Crippen molar-refractivity contribution < 1.29 is 9.47 Å². The van der Waals surface area contributed by atoms with Crippen LogP contribution in [-0.4, -0.2) is 16.2 Å². The van der Waals surface area contributed by atoms with Crippen LogP contribution in [0.5, 0.6) is 11.5 Å². The van der Waals surface area contributed by atoms with Crippen molar-refractivity contribution in [2.45, 2.75) is 40.3 Å². The van der Waals surface area contributed by atoms with E-state index < -0.39 is 0 Å². The van der Waals surface area contributed by atoms with E-state index in [0.29, 0.717) is 13.2 Å². The highest BCUT2D eigenvalue weighted by atomic mass is 16.5. The minimum Gasteiger partial charge on any atom is -0.493 e. The molecule has 0 atom stereocenters. The van der Waals surface area contributed by atoms with E-state index in [2.05, 4.69) is 61.7 Å². The van der Waals surface area contributed by atoms with Gasteiger partial charge in [0, 0.05) is 6.54 Å². The molecular formula is C26H28N2O2. The zero-order valence-corrected chi connectivity index (χ0v) is 17.9. The number of aryl methyl sites for hydroxylation is 4. The van der Waals surface area contributed by atoms with Gasteiger partial charge in [0.1, 0.15) is 23.9 Å². The monoisotopic (exact) mass is 400 g/mol. The van der Waals surface area contributed by atoms with Crippen LogP contribution in [0.15, 0.2) is 66.7 Å². The van der Waals surface area contributed by atoms with Gasteiger partial charge in [-0.05, 0) is 68.7 Å². The fourth-order valence-corrected chi connectivity index (χ4v) is 3.70. The van der Waals surface area contributed by atoms with E-state index in [1.807, 2.05) is 30.3 Å². The zero-order chi connectivity index (χ0) is 20.9. The van der Waals surface area contributed by atoms with Crippen molar-refractivity contribution in [3.05, 3.63) is 89.2 Å². The first-order valence-corrected chi connectivity index (χ1v) is 10.4. The number of nitrogens with zero attached hydrogens (tertiary/aromatic N) is 2. The maximum Gasteiger partial charge on any atom is 0.147 e. The molecule has 4 aromatic rings. The Balaban J connectivity index is 1.44. The number of imidazole rings is 1. The van der Waals surface area contributed by atoms with Crippen LogP contribution in [0.2, 0.25) is 0 Å².